The first-order valence-corrected chi connectivity index (χ1v) is 9.03. The quantitative estimate of drug-likeness (QED) is 0.716. The Hall–Kier alpha value is -0.540. The van der Waals surface area contributed by atoms with Crippen molar-refractivity contribution in [1.29, 1.82) is 0 Å². The van der Waals surface area contributed by atoms with Crippen molar-refractivity contribution in [3.05, 3.63) is 28.2 Å². The summed E-state index contributed by atoms with van der Waals surface area (Å²) >= 11 is 3.54. The third-order valence-corrected chi connectivity index (χ3v) is 4.96. The zero-order valence-electron chi connectivity index (χ0n) is 13.5. The zero-order chi connectivity index (χ0) is 15.2. The lowest BCUT2D eigenvalue weighted by Gasteiger charge is -2.29. The largest absolute Gasteiger partial charge is 0.492 e. The first kappa shape index (κ1) is 16.8. The molecule has 118 valence electrons. The lowest BCUT2D eigenvalue weighted by Crippen LogP contribution is -2.39. The summed E-state index contributed by atoms with van der Waals surface area (Å²) in [5.74, 6) is 2.30. The molecular formula is C18H28BrNO. The van der Waals surface area contributed by atoms with Gasteiger partial charge in [-0.25, -0.2) is 0 Å². The molecule has 0 heterocycles. The van der Waals surface area contributed by atoms with Crippen LogP contribution in [0.25, 0.3) is 0 Å². The molecule has 0 aliphatic heterocycles. The Bertz CT molecular complexity index is 447. The maximum atomic E-state index is 6.00. The van der Waals surface area contributed by atoms with E-state index < -0.39 is 0 Å². The number of nitrogens with one attached hydrogen (secondary N) is 1. The molecule has 3 heteroatoms. The highest BCUT2D eigenvalue weighted by atomic mass is 79.9. The summed E-state index contributed by atoms with van der Waals surface area (Å²) in [6.45, 7) is 8.45. The summed E-state index contributed by atoms with van der Waals surface area (Å²) in [6, 6.07) is 6.97. The Morgan fingerprint density at radius 2 is 2.05 bits per heavy atom. The first-order valence-electron chi connectivity index (χ1n) is 8.23. The second-order valence-electron chi connectivity index (χ2n) is 6.51. The Morgan fingerprint density at radius 1 is 1.29 bits per heavy atom. The molecule has 0 saturated heterocycles. The van der Waals surface area contributed by atoms with Gasteiger partial charge in [-0.2, -0.15) is 0 Å². The van der Waals surface area contributed by atoms with Crippen LogP contribution in [0.5, 0.6) is 5.75 Å². The van der Waals surface area contributed by atoms with Gasteiger partial charge >= 0.3 is 0 Å². The van der Waals surface area contributed by atoms with Gasteiger partial charge in [0.05, 0.1) is 0 Å². The van der Waals surface area contributed by atoms with E-state index in [0.29, 0.717) is 12.0 Å². The van der Waals surface area contributed by atoms with E-state index in [9.17, 15) is 0 Å². The molecule has 0 bridgehead atoms. The minimum Gasteiger partial charge on any atom is -0.492 e. The minimum atomic E-state index is 0.476. The van der Waals surface area contributed by atoms with E-state index in [4.69, 9.17) is 4.74 Å². The standard InChI is InChI=1S/C18H28BrNO/c1-13(2)16-12-15(19)8-9-18(16)21-11-10-20-17-7-5-4-6-14(17)3/h8-9,12-14,17,20H,4-7,10-11H2,1-3H3. The summed E-state index contributed by atoms with van der Waals surface area (Å²) < 4.78 is 7.11. The lowest BCUT2D eigenvalue weighted by atomic mass is 9.86. The highest BCUT2D eigenvalue weighted by Crippen LogP contribution is 2.29. The van der Waals surface area contributed by atoms with E-state index in [1.165, 1.54) is 31.2 Å². The minimum absolute atomic E-state index is 0.476. The molecule has 0 radical (unpaired) electrons. The van der Waals surface area contributed by atoms with Crippen molar-refractivity contribution in [2.45, 2.75) is 58.4 Å². The average molecular weight is 354 g/mol. The van der Waals surface area contributed by atoms with Gasteiger partial charge in [0.2, 0.25) is 0 Å². The molecule has 0 aromatic heterocycles. The van der Waals surface area contributed by atoms with Crippen LogP contribution in [-0.4, -0.2) is 19.2 Å². The second kappa shape index (κ2) is 8.19. The molecule has 2 atom stereocenters. The van der Waals surface area contributed by atoms with Crippen LogP contribution in [0.3, 0.4) is 0 Å². The van der Waals surface area contributed by atoms with E-state index in [1.54, 1.807) is 0 Å². The maximum absolute atomic E-state index is 6.00. The van der Waals surface area contributed by atoms with Crippen molar-refractivity contribution in [3.63, 3.8) is 0 Å². The first-order chi connectivity index (χ1) is 10.1. The SMILES string of the molecule is CC(C)c1cc(Br)ccc1OCCNC1CCCCC1C. The van der Waals surface area contributed by atoms with Crippen LogP contribution >= 0.6 is 15.9 Å². The Kier molecular flexibility index (Phi) is 6.56. The van der Waals surface area contributed by atoms with Crippen molar-refractivity contribution < 1.29 is 4.74 Å². The molecule has 2 nitrogen and oxygen atoms in total. The topological polar surface area (TPSA) is 21.3 Å². The Morgan fingerprint density at radius 3 is 2.76 bits per heavy atom. The van der Waals surface area contributed by atoms with E-state index in [2.05, 4.69) is 60.2 Å². The fourth-order valence-electron chi connectivity index (χ4n) is 3.13. The van der Waals surface area contributed by atoms with Crippen molar-refractivity contribution in [3.8, 4) is 5.75 Å². The second-order valence-corrected chi connectivity index (χ2v) is 7.42. The molecule has 1 aromatic rings. The number of hydrogen-bond acceptors (Lipinski definition) is 2. The predicted octanol–water partition coefficient (Wildman–Crippen LogP) is 5.12. The van der Waals surface area contributed by atoms with Crippen molar-refractivity contribution in [2.75, 3.05) is 13.2 Å². The normalized spacial score (nSPS) is 22.5. The van der Waals surface area contributed by atoms with Gasteiger partial charge in [0.15, 0.2) is 0 Å². The number of hydrogen-bond donors (Lipinski definition) is 1. The highest BCUT2D eigenvalue weighted by Gasteiger charge is 2.20. The zero-order valence-corrected chi connectivity index (χ0v) is 15.1. The molecule has 1 aliphatic rings. The fraction of sp³-hybridized carbons (Fsp3) is 0.667. The third-order valence-electron chi connectivity index (χ3n) is 4.47. The molecule has 0 spiro atoms. The fourth-order valence-corrected chi connectivity index (χ4v) is 3.51. The summed E-state index contributed by atoms with van der Waals surface area (Å²) in [5.41, 5.74) is 1.27. The van der Waals surface area contributed by atoms with Crippen LogP contribution in [0.15, 0.2) is 22.7 Å². The molecule has 1 N–H and O–H groups in total. The number of halogens is 1. The maximum Gasteiger partial charge on any atom is 0.122 e. The molecule has 21 heavy (non-hydrogen) atoms. The van der Waals surface area contributed by atoms with E-state index in [-0.39, 0.29) is 0 Å². The van der Waals surface area contributed by atoms with Gasteiger partial charge in [0.1, 0.15) is 12.4 Å². The molecule has 1 aromatic carbocycles. The summed E-state index contributed by atoms with van der Waals surface area (Å²) in [4.78, 5) is 0. The molecule has 1 saturated carbocycles. The van der Waals surface area contributed by atoms with Crippen molar-refractivity contribution in [2.24, 2.45) is 5.92 Å². The third kappa shape index (κ3) is 5.00. The number of ether oxygens (including phenoxy) is 1. The van der Waals surface area contributed by atoms with E-state index in [1.807, 2.05) is 0 Å². The Labute approximate surface area is 137 Å². The van der Waals surface area contributed by atoms with Crippen LogP contribution in [0.1, 0.15) is 57.9 Å². The molecule has 1 aliphatic carbocycles. The van der Waals surface area contributed by atoms with Gasteiger partial charge in [-0.3, -0.25) is 0 Å². The van der Waals surface area contributed by atoms with Crippen molar-refractivity contribution in [1.82, 2.24) is 5.32 Å². The van der Waals surface area contributed by atoms with Gasteiger partial charge < -0.3 is 10.1 Å². The predicted molar refractivity (Wildman–Crippen MR) is 93.1 cm³/mol. The molecular weight excluding hydrogens is 326 g/mol. The molecule has 0 amide bonds. The molecule has 2 rings (SSSR count). The summed E-state index contributed by atoms with van der Waals surface area (Å²) in [7, 11) is 0. The van der Waals surface area contributed by atoms with Crippen molar-refractivity contribution >= 4 is 15.9 Å². The molecule has 1 fully saturated rings. The van der Waals surface area contributed by atoms with Gasteiger partial charge in [-0.05, 0) is 48.4 Å². The summed E-state index contributed by atoms with van der Waals surface area (Å²) in [6.07, 6.45) is 5.44. The van der Waals surface area contributed by atoms with Crippen LogP contribution in [-0.2, 0) is 0 Å². The highest BCUT2D eigenvalue weighted by molar-refractivity contribution is 9.10. The van der Waals surface area contributed by atoms with Gasteiger partial charge in [0, 0.05) is 17.1 Å². The van der Waals surface area contributed by atoms with E-state index >= 15 is 0 Å². The molecule has 2 unspecified atom stereocenters. The summed E-state index contributed by atoms with van der Waals surface area (Å²) in [5, 5.41) is 3.67. The van der Waals surface area contributed by atoms with Crippen LogP contribution in [0.4, 0.5) is 0 Å². The number of rotatable bonds is 6. The monoisotopic (exact) mass is 353 g/mol. The van der Waals surface area contributed by atoms with E-state index in [0.717, 1.165) is 29.3 Å². The number of benzene rings is 1. The van der Waals surface area contributed by atoms with Gasteiger partial charge in [0.25, 0.3) is 0 Å². The van der Waals surface area contributed by atoms with Crippen LogP contribution in [0, 0.1) is 5.92 Å². The smallest absolute Gasteiger partial charge is 0.122 e. The van der Waals surface area contributed by atoms with Gasteiger partial charge in [-0.15, -0.1) is 0 Å². The van der Waals surface area contributed by atoms with Gasteiger partial charge in [-0.1, -0.05) is 49.5 Å². The van der Waals surface area contributed by atoms with Crippen LogP contribution in [0.2, 0.25) is 0 Å². The lowest BCUT2D eigenvalue weighted by molar-refractivity contribution is 0.250. The van der Waals surface area contributed by atoms with Crippen LogP contribution < -0.4 is 10.1 Å². The average Bonchev–Trinajstić information content (AvgIpc) is 2.46. The Balaban J connectivity index is 1.80.